The van der Waals surface area contributed by atoms with Gasteiger partial charge in [-0.25, -0.2) is 0 Å². The first-order valence-electron chi connectivity index (χ1n) is 7.62. The van der Waals surface area contributed by atoms with E-state index < -0.39 is 0 Å². The second kappa shape index (κ2) is 5.42. The molecule has 0 N–H and O–H groups in total. The smallest absolute Gasteiger partial charge is 0.251 e. The molecule has 1 aromatic heterocycles. The van der Waals surface area contributed by atoms with Crippen LogP contribution in [0.3, 0.4) is 0 Å². The second-order valence-corrected chi connectivity index (χ2v) is 5.76. The molecule has 24 heavy (non-hydrogen) atoms. The van der Waals surface area contributed by atoms with Gasteiger partial charge in [-0.2, -0.15) is 0 Å². The van der Waals surface area contributed by atoms with Crippen LogP contribution >= 0.6 is 0 Å². The molecule has 0 unspecified atom stereocenters. The number of carbonyl (C=O) groups excluding carboxylic acids is 2. The zero-order valence-electron chi connectivity index (χ0n) is 12.7. The van der Waals surface area contributed by atoms with Crippen LogP contribution in [0.2, 0.25) is 0 Å². The zero-order valence-corrected chi connectivity index (χ0v) is 12.7. The van der Waals surface area contributed by atoms with Gasteiger partial charge < -0.3 is 4.57 Å². The van der Waals surface area contributed by atoms with Crippen molar-refractivity contribution in [3.05, 3.63) is 105 Å². The first kappa shape index (κ1) is 14.3. The highest BCUT2D eigenvalue weighted by Crippen LogP contribution is 2.26. The molecule has 0 saturated carbocycles. The molecule has 0 spiro atoms. The monoisotopic (exact) mass is 315 g/mol. The molecule has 3 aromatic rings. The highest BCUT2D eigenvalue weighted by Gasteiger charge is 2.30. The van der Waals surface area contributed by atoms with Crippen molar-refractivity contribution in [3.63, 3.8) is 0 Å². The maximum absolute atomic E-state index is 12.7. The number of nitrogens with zero attached hydrogens (tertiary/aromatic N) is 1. The van der Waals surface area contributed by atoms with Gasteiger partial charge in [-0.05, 0) is 5.56 Å². The average Bonchev–Trinajstić information content (AvgIpc) is 2.62. The van der Waals surface area contributed by atoms with Gasteiger partial charge in [0, 0.05) is 29.0 Å². The fourth-order valence-corrected chi connectivity index (χ4v) is 3.01. The predicted octanol–water partition coefficient (Wildman–Crippen LogP) is 2.67. The molecule has 0 atom stereocenters. The molecule has 2 aromatic carbocycles. The van der Waals surface area contributed by atoms with Gasteiger partial charge in [0.25, 0.3) is 5.56 Å². The van der Waals surface area contributed by atoms with Crippen molar-refractivity contribution in [3.8, 4) is 0 Å². The van der Waals surface area contributed by atoms with Crippen molar-refractivity contribution in [2.45, 2.75) is 6.54 Å². The zero-order chi connectivity index (χ0) is 16.7. The standard InChI is InChI=1S/C20H13NO3/c22-18-10-16-17(12-21(18)11-13-6-2-1-3-7-13)20(24)15-9-5-4-8-14(15)19(16)23/h1-10,12H,11H2. The molecule has 1 aliphatic rings. The Hall–Kier alpha value is -3.27. The van der Waals surface area contributed by atoms with Gasteiger partial charge in [0.2, 0.25) is 0 Å². The lowest BCUT2D eigenvalue weighted by molar-refractivity contribution is 0.0978. The first-order valence-corrected chi connectivity index (χ1v) is 7.62. The third-order valence-electron chi connectivity index (χ3n) is 4.23. The van der Waals surface area contributed by atoms with Crippen molar-refractivity contribution in [1.82, 2.24) is 4.57 Å². The van der Waals surface area contributed by atoms with E-state index in [0.717, 1.165) is 5.56 Å². The maximum atomic E-state index is 12.7. The second-order valence-electron chi connectivity index (χ2n) is 5.76. The third-order valence-corrected chi connectivity index (χ3v) is 4.23. The van der Waals surface area contributed by atoms with Crippen LogP contribution in [-0.4, -0.2) is 16.1 Å². The number of rotatable bonds is 2. The van der Waals surface area contributed by atoms with Crippen LogP contribution < -0.4 is 5.56 Å². The third kappa shape index (κ3) is 2.20. The van der Waals surface area contributed by atoms with E-state index in [9.17, 15) is 14.4 Å². The lowest BCUT2D eigenvalue weighted by atomic mass is 9.85. The first-order chi connectivity index (χ1) is 11.6. The minimum absolute atomic E-state index is 0.188. The number of ketones is 2. The minimum Gasteiger partial charge on any atom is -0.310 e. The van der Waals surface area contributed by atoms with E-state index in [1.54, 1.807) is 24.3 Å². The summed E-state index contributed by atoms with van der Waals surface area (Å²) in [6.07, 6.45) is 1.50. The van der Waals surface area contributed by atoms with Crippen molar-refractivity contribution >= 4 is 11.6 Å². The Balaban J connectivity index is 1.84. The summed E-state index contributed by atoms with van der Waals surface area (Å²) in [7, 11) is 0. The van der Waals surface area contributed by atoms with Gasteiger partial charge in [-0.15, -0.1) is 0 Å². The van der Waals surface area contributed by atoms with Gasteiger partial charge in [0.1, 0.15) is 0 Å². The van der Waals surface area contributed by atoms with Crippen molar-refractivity contribution in [1.29, 1.82) is 0 Å². The van der Waals surface area contributed by atoms with E-state index in [2.05, 4.69) is 0 Å². The molecule has 4 nitrogen and oxygen atoms in total. The van der Waals surface area contributed by atoms with E-state index in [4.69, 9.17) is 0 Å². The van der Waals surface area contributed by atoms with Crippen LogP contribution in [0.1, 0.15) is 37.4 Å². The van der Waals surface area contributed by atoms with Gasteiger partial charge >= 0.3 is 0 Å². The lowest BCUT2D eigenvalue weighted by Gasteiger charge is -2.18. The number of hydrogen-bond donors (Lipinski definition) is 0. The Bertz CT molecular complexity index is 1030. The molecule has 0 fully saturated rings. The summed E-state index contributed by atoms with van der Waals surface area (Å²) in [6, 6.07) is 17.5. The van der Waals surface area contributed by atoms with Crippen LogP contribution in [-0.2, 0) is 6.54 Å². The molecule has 0 aliphatic heterocycles. The van der Waals surface area contributed by atoms with Crippen LogP contribution in [0.25, 0.3) is 0 Å². The Morgan fingerprint density at radius 3 is 1.92 bits per heavy atom. The molecule has 1 heterocycles. The van der Waals surface area contributed by atoms with Crippen molar-refractivity contribution in [2.75, 3.05) is 0 Å². The topological polar surface area (TPSA) is 56.1 Å². The number of hydrogen-bond acceptors (Lipinski definition) is 3. The molecule has 0 bridgehead atoms. The maximum Gasteiger partial charge on any atom is 0.251 e. The Labute approximate surface area is 138 Å². The van der Waals surface area contributed by atoms with Crippen LogP contribution in [0.5, 0.6) is 0 Å². The largest absolute Gasteiger partial charge is 0.310 e. The van der Waals surface area contributed by atoms with Gasteiger partial charge in [-0.1, -0.05) is 54.6 Å². The summed E-state index contributed by atoms with van der Waals surface area (Å²) in [5.41, 5.74) is 1.88. The number of pyridine rings is 1. The van der Waals surface area contributed by atoms with Gasteiger partial charge in [0.05, 0.1) is 12.1 Å². The molecular formula is C20H13NO3. The Kier molecular flexibility index (Phi) is 3.24. The molecule has 116 valence electrons. The van der Waals surface area contributed by atoms with Crippen molar-refractivity contribution in [2.24, 2.45) is 0 Å². The van der Waals surface area contributed by atoms with E-state index >= 15 is 0 Å². The number of fused-ring (bicyclic) bond motifs is 2. The summed E-state index contributed by atoms with van der Waals surface area (Å²) in [5.74, 6) is -0.494. The quantitative estimate of drug-likeness (QED) is 0.571. The number of benzene rings is 2. The predicted molar refractivity (Wildman–Crippen MR) is 89.6 cm³/mol. The highest BCUT2D eigenvalue weighted by molar-refractivity contribution is 6.28. The van der Waals surface area contributed by atoms with Crippen LogP contribution in [0.4, 0.5) is 0 Å². The average molecular weight is 315 g/mol. The Morgan fingerprint density at radius 1 is 0.667 bits per heavy atom. The molecular weight excluding hydrogens is 302 g/mol. The SMILES string of the molecule is O=C1c2ccccc2C(=O)c2cn(Cc3ccccc3)c(=O)cc21. The van der Waals surface area contributed by atoms with E-state index in [1.807, 2.05) is 30.3 Å². The molecule has 1 aliphatic carbocycles. The van der Waals surface area contributed by atoms with E-state index in [-0.39, 0.29) is 28.3 Å². The Morgan fingerprint density at radius 2 is 1.25 bits per heavy atom. The normalized spacial score (nSPS) is 12.7. The number of carbonyl (C=O) groups is 2. The molecule has 0 radical (unpaired) electrons. The van der Waals surface area contributed by atoms with Gasteiger partial charge in [0.15, 0.2) is 11.6 Å². The summed E-state index contributed by atoms with van der Waals surface area (Å²) in [4.78, 5) is 37.6. The summed E-state index contributed by atoms with van der Waals surface area (Å²) < 4.78 is 1.47. The summed E-state index contributed by atoms with van der Waals surface area (Å²) in [6.45, 7) is 0.357. The molecule has 0 saturated heterocycles. The van der Waals surface area contributed by atoms with E-state index in [1.165, 1.54) is 16.8 Å². The molecule has 4 rings (SSSR count). The molecule has 4 heteroatoms. The minimum atomic E-state index is -0.293. The van der Waals surface area contributed by atoms with Crippen molar-refractivity contribution < 1.29 is 9.59 Å². The fourth-order valence-electron chi connectivity index (χ4n) is 3.01. The highest BCUT2D eigenvalue weighted by atomic mass is 16.1. The number of aromatic nitrogens is 1. The van der Waals surface area contributed by atoms with Gasteiger partial charge in [-0.3, -0.25) is 14.4 Å². The lowest BCUT2D eigenvalue weighted by Crippen LogP contribution is -2.28. The van der Waals surface area contributed by atoms with E-state index in [0.29, 0.717) is 17.7 Å². The van der Waals surface area contributed by atoms with Crippen LogP contribution in [0.15, 0.2) is 71.7 Å². The summed E-state index contributed by atoms with van der Waals surface area (Å²) in [5, 5.41) is 0. The fraction of sp³-hybridized carbons (Fsp3) is 0.0500. The van der Waals surface area contributed by atoms with Crippen LogP contribution in [0, 0.1) is 0 Å². The summed E-state index contributed by atoms with van der Waals surface area (Å²) >= 11 is 0. The molecule has 0 amide bonds.